The number of ether oxygens (including phenoxy) is 1. The minimum absolute atomic E-state index is 0.0360. The Morgan fingerprint density at radius 2 is 2.21 bits per heavy atom. The summed E-state index contributed by atoms with van der Waals surface area (Å²) < 4.78 is 4.54. The van der Waals surface area contributed by atoms with Crippen molar-refractivity contribution >= 4 is 17.5 Å². The fraction of sp³-hybridized carbons (Fsp3) is 0.500. The molecule has 0 spiro atoms. The number of aromatic nitrogens is 1. The second kappa shape index (κ2) is 6.67. The lowest BCUT2D eigenvalue weighted by atomic mass is 10.2. The van der Waals surface area contributed by atoms with Crippen molar-refractivity contribution in [2.24, 2.45) is 0 Å². The van der Waals surface area contributed by atoms with Crippen LogP contribution in [0, 0.1) is 17.0 Å². The molecule has 0 saturated carbocycles. The molecule has 0 atom stereocenters. The standard InChI is InChI=1S/C12H17N3O4/c1-9-6-7-10(15(17)18)12(13-9)14(2)8-4-5-11(16)19-3/h6-7H,4-5,8H2,1-3H3. The van der Waals surface area contributed by atoms with Crippen LogP contribution in [0.4, 0.5) is 11.5 Å². The van der Waals surface area contributed by atoms with Gasteiger partial charge in [-0.05, 0) is 19.4 Å². The van der Waals surface area contributed by atoms with Crippen LogP contribution in [0.1, 0.15) is 18.5 Å². The van der Waals surface area contributed by atoms with Crippen LogP contribution in [-0.2, 0) is 9.53 Å². The smallest absolute Gasteiger partial charge is 0.311 e. The Balaban J connectivity index is 2.75. The Morgan fingerprint density at radius 3 is 2.79 bits per heavy atom. The highest BCUT2D eigenvalue weighted by molar-refractivity contribution is 5.69. The van der Waals surface area contributed by atoms with Crippen molar-refractivity contribution in [2.75, 3.05) is 25.6 Å². The molecule has 19 heavy (non-hydrogen) atoms. The van der Waals surface area contributed by atoms with Crippen LogP contribution in [0.25, 0.3) is 0 Å². The number of nitrogens with zero attached hydrogens (tertiary/aromatic N) is 3. The van der Waals surface area contributed by atoms with Gasteiger partial charge in [0.15, 0.2) is 0 Å². The van der Waals surface area contributed by atoms with Crippen LogP contribution in [0.15, 0.2) is 12.1 Å². The summed E-state index contributed by atoms with van der Waals surface area (Å²) in [5.74, 6) is 0.0231. The van der Waals surface area contributed by atoms with Crippen molar-refractivity contribution in [2.45, 2.75) is 19.8 Å². The van der Waals surface area contributed by atoms with Crippen molar-refractivity contribution in [1.29, 1.82) is 0 Å². The fourth-order valence-corrected chi connectivity index (χ4v) is 1.63. The first kappa shape index (κ1) is 14.9. The average molecular weight is 267 g/mol. The fourth-order valence-electron chi connectivity index (χ4n) is 1.63. The first-order valence-electron chi connectivity index (χ1n) is 5.85. The van der Waals surface area contributed by atoms with Crippen molar-refractivity contribution in [3.8, 4) is 0 Å². The minimum Gasteiger partial charge on any atom is -0.469 e. The molecule has 0 aliphatic rings. The normalized spacial score (nSPS) is 10.1. The van der Waals surface area contributed by atoms with Gasteiger partial charge in [-0.2, -0.15) is 0 Å². The van der Waals surface area contributed by atoms with Gasteiger partial charge in [-0.25, -0.2) is 4.98 Å². The molecule has 0 bridgehead atoms. The number of nitro groups is 1. The summed E-state index contributed by atoms with van der Waals surface area (Å²) >= 11 is 0. The van der Waals surface area contributed by atoms with E-state index in [0.717, 1.165) is 0 Å². The number of rotatable bonds is 6. The molecule has 7 heteroatoms. The summed E-state index contributed by atoms with van der Waals surface area (Å²) in [6, 6.07) is 3.04. The molecule has 0 saturated heterocycles. The van der Waals surface area contributed by atoms with Crippen LogP contribution in [0.3, 0.4) is 0 Å². The van der Waals surface area contributed by atoms with Gasteiger partial charge in [-0.1, -0.05) is 0 Å². The zero-order chi connectivity index (χ0) is 14.4. The summed E-state index contributed by atoms with van der Waals surface area (Å²) in [5, 5.41) is 10.9. The van der Waals surface area contributed by atoms with Crippen LogP contribution >= 0.6 is 0 Å². The van der Waals surface area contributed by atoms with Crippen molar-refractivity contribution in [1.82, 2.24) is 4.98 Å². The van der Waals surface area contributed by atoms with Crippen LogP contribution in [0.5, 0.6) is 0 Å². The third-order valence-electron chi connectivity index (χ3n) is 2.65. The largest absolute Gasteiger partial charge is 0.469 e. The third kappa shape index (κ3) is 4.20. The van der Waals surface area contributed by atoms with Gasteiger partial charge in [-0.3, -0.25) is 14.9 Å². The number of carbonyl (C=O) groups is 1. The summed E-state index contributed by atoms with van der Waals surface area (Å²) in [6.45, 7) is 2.27. The van der Waals surface area contributed by atoms with Crippen LogP contribution < -0.4 is 4.90 Å². The molecule has 0 unspecified atom stereocenters. The number of hydrogen-bond acceptors (Lipinski definition) is 6. The van der Waals surface area contributed by atoms with E-state index in [4.69, 9.17) is 0 Å². The minimum atomic E-state index is -0.460. The number of anilines is 1. The van der Waals surface area contributed by atoms with Gasteiger partial charge in [0.1, 0.15) is 0 Å². The molecule has 1 aromatic heterocycles. The van der Waals surface area contributed by atoms with Crippen molar-refractivity contribution < 1.29 is 14.5 Å². The summed E-state index contributed by atoms with van der Waals surface area (Å²) in [4.78, 5) is 27.3. The second-order valence-corrected chi connectivity index (χ2v) is 4.15. The van der Waals surface area contributed by atoms with Gasteiger partial charge in [-0.15, -0.1) is 0 Å². The average Bonchev–Trinajstić information content (AvgIpc) is 2.37. The zero-order valence-corrected chi connectivity index (χ0v) is 11.3. The highest BCUT2D eigenvalue weighted by Crippen LogP contribution is 2.25. The summed E-state index contributed by atoms with van der Waals surface area (Å²) in [6.07, 6.45) is 0.830. The van der Waals surface area contributed by atoms with E-state index in [0.29, 0.717) is 24.5 Å². The number of pyridine rings is 1. The molecule has 0 aliphatic carbocycles. The van der Waals surface area contributed by atoms with Gasteiger partial charge in [0.25, 0.3) is 0 Å². The quantitative estimate of drug-likeness (QED) is 0.443. The van der Waals surface area contributed by atoms with Gasteiger partial charge < -0.3 is 9.64 Å². The lowest BCUT2D eigenvalue weighted by Gasteiger charge is -2.17. The van der Waals surface area contributed by atoms with Gasteiger partial charge >= 0.3 is 11.7 Å². The Labute approximate surface area is 111 Å². The maximum absolute atomic E-state index is 11.0. The first-order chi connectivity index (χ1) is 8.95. The molecule has 0 radical (unpaired) electrons. The summed E-state index contributed by atoms with van der Waals surface area (Å²) in [7, 11) is 3.05. The Morgan fingerprint density at radius 1 is 1.53 bits per heavy atom. The molecule has 1 aromatic rings. The second-order valence-electron chi connectivity index (χ2n) is 4.15. The van der Waals surface area contributed by atoms with E-state index in [1.54, 1.807) is 24.9 Å². The molecule has 7 nitrogen and oxygen atoms in total. The lowest BCUT2D eigenvalue weighted by molar-refractivity contribution is -0.384. The van der Waals surface area contributed by atoms with E-state index >= 15 is 0 Å². The molecule has 1 rings (SSSR count). The topological polar surface area (TPSA) is 85.6 Å². The molecular weight excluding hydrogens is 250 g/mol. The molecule has 104 valence electrons. The molecule has 0 amide bonds. The summed E-state index contributed by atoms with van der Waals surface area (Å²) in [5.41, 5.74) is 0.673. The maximum atomic E-state index is 11.0. The number of methoxy groups -OCH3 is 1. The van der Waals surface area contributed by atoms with E-state index in [-0.39, 0.29) is 18.1 Å². The van der Waals surface area contributed by atoms with Crippen molar-refractivity contribution in [3.63, 3.8) is 0 Å². The van der Waals surface area contributed by atoms with E-state index < -0.39 is 4.92 Å². The number of hydrogen-bond donors (Lipinski definition) is 0. The van der Waals surface area contributed by atoms with Crippen LogP contribution in [0.2, 0.25) is 0 Å². The molecule has 0 fully saturated rings. The molecule has 0 N–H and O–H groups in total. The Hall–Kier alpha value is -2.18. The van der Waals surface area contributed by atoms with Crippen LogP contribution in [-0.4, -0.2) is 36.6 Å². The zero-order valence-electron chi connectivity index (χ0n) is 11.3. The van der Waals surface area contributed by atoms with Gasteiger partial charge in [0.05, 0.1) is 12.0 Å². The molecule has 1 heterocycles. The number of esters is 1. The van der Waals surface area contributed by atoms with E-state index in [9.17, 15) is 14.9 Å². The Bertz CT molecular complexity index is 476. The van der Waals surface area contributed by atoms with E-state index in [1.807, 2.05) is 0 Å². The predicted octanol–water partition coefficient (Wildman–Crippen LogP) is 1.69. The van der Waals surface area contributed by atoms with E-state index in [1.165, 1.54) is 13.2 Å². The monoisotopic (exact) mass is 267 g/mol. The highest BCUT2D eigenvalue weighted by atomic mass is 16.6. The SMILES string of the molecule is COC(=O)CCCN(C)c1nc(C)ccc1[N+](=O)[O-]. The number of aryl methyl sites for hydroxylation is 1. The lowest BCUT2D eigenvalue weighted by Crippen LogP contribution is -2.22. The van der Waals surface area contributed by atoms with Gasteiger partial charge in [0.2, 0.25) is 5.82 Å². The molecule has 0 aliphatic heterocycles. The molecule has 0 aromatic carbocycles. The first-order valence-corrected chi connectivity index (χ1v) is 5.85. The predicted molar refractivity (Wildman–Crippen MR) is 70.1 cm³/mol. The number of carbonyl (C=O) groups excluding carboxylic acids is 1. The highest BCUT2D eigenvalue weighted by Gasteiger charge is 2.18. The third-order valence-corrected chi connectivity index (χ3v) is 2.65. The van der Waals surface area contributed by atoms with Crippen molar-refractivity contribution in [3.05, 3.63) is 27.9 Å². The molecular formula is C12H17N3O4. The Kier molecular flexibility index (Phi) is 5.23. The maximum Gasteiger partial charge on any atom is 0.311 e. The van der Waals surface area contributed by atoms with Gasteiger partial charge in [0, 0.05) is 31.8 Å². The van der Waals surface area contributed by atoms with E-state index in [2.05, 4.69) is 9.72 Å².